The van der Waals surface area contributed by atoms with E-state index in [9.17, 15) is 9.59 Å². The van der Waals surface area contributed by atoms with Gasteiger partial charge in [0.15, 0.2) is 6.61 Å². The van der Waals surface area contributed by atoms with Gasteiger partial charge in [0.1, 0.15) is 0 Å². The van der Waals surface area contributed by atoms with Crippen molar-refractivity contribution in [2.75, 3.05) is 18.1 Å². The molecule has 0 saturated carbocycles. The minimum absolute atomic E-state index is 0.154. The molecule has 0 bridgehead atoms. The largest absolute Gasteiger partial charge is 0.455 e. The summed E-state index contributed by atoms with van der Waals surface area (Å²) in [6.45, 7) is 0.277. The van der Waals surface area contributed by atoms with Crippen molar-refractivity contribution in [2.45, 2.75) is 19.4 Å². The Bertz CT molecular complexity index is 1050. The molecule has 0 N–H and O–H groups in total. The molecule has 0 atom stereocenters. The first kappa shape index (κ1) is 20.4. The third kappa shape index (κ3) is 5.37. The third-order valence-electron chi connectivity index (χ3n) is 4.46. The van der Waals surface area contributed by atoms with Gasteiger partial charge in [-0.05, 0) is 35.7 Å². The molecule has 0 fully saturated rings. The highest BCUT2D eigenvalue weighted by molar-refractivity contribution is 6.30. The van der Waals surface area contributed by atoms with Crippen LogP contribution in [0.4, 0.5) is 5.69 Å². The first-order valence-corrected chi connectivity index (χ1v) is 9.58. The fraction of sp³-hybridized carbons (Fsp3) is 0.227. The molecule has 1 aromatic heterocycles. The minimum Gasteiger partial charge on any atom is -0.455 e. The van der Waals surface area contributed by atoms with Gasteiger partial charge in [-0.1, -0.05) is 35.9 Å². The van der Waals surface area contributed by atoms with Crippen LogP contribution in [0.5, 0.6) is 0 Å². The van der Waals surface area contributed by atoms with Gasteiger partial charge in [-0.2, -0.15) is 5.26 Å². The first-order chi connectivity index (χ1) is 14.1. The van der Waals surface area contributed by atoms with Crippen molar-refractivity contribution >= 4 is 40.1 Å². The molecule has 148 valence electrons. The van der Waals surface area contributed by atoms with Crippen LogP contribution in [0.3, 0.4) is 0 Å². The van der Waals surface area contributed by atoms with Gasteiger partial charge >= 0.3 is 5.97 Å². The summed E-state index contributed by atoms with van der Waals surface area (Å²) in [5.74, 6) is -0.857. The lowest BCUT2D eigenvalue weighted by molar-refractivity contribution is -0.148. The summed E-state index contributed by atoms with van der Waals surface area (Å²) in [6, 6.07) is 18.7. The zero-order valence-electron chi connectivity index (χ0n) is 15.8. The van der Waals surface area contributed by atoms with Gasteiger partial charge in [0.05, 0.1) is 18.9 Å². The van der Waals surface area contributed by atoms with E-state index in [2.05, 4.69) is 0 Å². The molecule has 0 saturated heterocycles. The fourth-order valence-corrected chi connectivity index (χ4v) is 3.23. The number of aromatic nitrogens is 1. The Balaban J connectivity index is 1.56. The van der Waals surface area contributed by atoms with E-state index in [1.54, 1.807) is 24.3 Å². The molecule has 1 amide bonds. The van der Waals surface area contributed by atoms with E-state index < -0.39 is 11.9 Å². The molecule has 0 aliphatic carbocycles. The molecule has 3 rings (SSSR count). The van der Waals surface area contributed by atoms with Gasteiger partial charge in [-0.15, -0.1) is 0 Å². The van der Waals surface area contributed by atoms with E-state index in [-0.39, 0.29) is 26.0 Å². The van der Waals surface area contributed by atoms with Crippen molar-refractivity contribution in [3.05, 3.63) is 65.8 Å². The van der Waals surface area contributed by atoms with E-state index in [1.807, 2.05) is 47.2 Å². The molecule has 1 heterocycles. The van der Waals surface area contributed by atoms with E-state index in [0.717, 1.165) is 10.9 Å². The zero-order chi connectivity index (χ0) is 20.6. The number of amides is 1. The van der Waals surface area contributed by atoms with Crippen molar-refractivity contribution in [1.82, 2.24) is 4.57 Å². The Morgan fingerprint density at radius 3 is 2.76 bits per heavy atom. The fourth-order valence-electron chi connectivity index (χ4n) is 3.04. The highest BCUT2D eigenvalue weighted by Crippen LogP contribution is 2.20. The quantitative estimate of drug-likeness (QED) is 0.523. The first-order valence-electron chi connectivity index (χ1n) is 9.21. The minimum atomic E-state index is -0.456. The number of aryl methyl sites for hydroxylation is 1. The van der Waals surface area contributed by atoms with Gasteiger partial charge in [-0.3, -0.25) is 9.59 Å². The number of carbonyl (C=O) groups is 2. The SMILES string of the molecule is N#CCCN(C(=O)COC(=O)CCn1ccc2ccccc21)c1cccc(Cl)c1. The Hall–Kier alpha value is -3.30. The lowest BCUT2D eigenvalue weighted by Crippen LogP contribution is -2.35. The van der Waals surface area contributed by atoms with Crippen LogP contribution >= 0.6 is 11.6 Å². The summed E-state index contributed by atoms with van der Waals surface area (Å²) >= 11 is 6.00. The van der Waals surface area contributed by atoms with Crippen LogP contribution in [0, 0.1) is 11.3 Å². The summed E-state index contributed by atoms with van der Waals surface area (Å²) in [5, 5.41) is 10.4. The van der Waals surface area contributed by atoms with Crippen LogP contribution in [0.15, 0.2) is 60.8 Å². The van der Waals surface area contributed by atoms with Crippen LogP contribution in [-0.4, -0.2) is 29.6 Å². The summed E-state index contributed by atoms with van der Waals surface area (Å²) in [5.41, 5.74) is 1.60. The topological polar surface area (TPSA) is 75.3 Å². The summed E-state index contributed by atoms with van der Waals surface area (Å²) in [4.78, 5) is 26.1. The molecule has 6 nitrogen and oxygen atoms in total. The Morgan fingerprint density at radius 2 is 1.97 bits per heavy atom. The molecule has 0 aliphatic rings. The third-order valence-corrected chi connectivity index (χ3v) is 4.70. The highest BCUT2D eigenvalue weighted by Gasteiger charge is 2.18. The van der Waals surface area contributed by atoms with Crippen molar-refractivity contribution in [3.8, 4) is 6.07 Å². The predicted molar refractivity (Wildman–Crippen MR) is 112 cm³/mol. The number of anilines is 1. The lowest BCUT2D eigenvalue weighted by atomic mass is 10.2. The lowest BCUT2D eigenvalue weighted by Gasteiger charge is -2.21. The van der Waals surface area contributed by atoms with Crippen molar-refractivity contribution in [3.63, 3.8) is 0 Å². The van der Waals surface area contributed by atoms with E-state index in [4.69, 9.17) is 21.6 Å². The van der Waals surface area contributed by atoms with Gasteiger partial charge in [0.2, 0.25) is 0 Å². The molecule has 0 aliphatic heterocycles. The van der Waals surface area contributed by atoms with Gasteiger partial charge < -0.3 is 14.2 Å². The standard InChI is InChI=1S/C22H20ClN3O3/c23-18-6-3-7-19(15-18)26(12-4-11-24)21(27)16-29-22(28)10-14-25-13-9-17-5-1-2-8-20(17)25/h1-3,5-9,13,15H,4,10,12,14,16H2. The predicted octanol–water partition coefficient (Wildman–Crippen LogP) is 4.17. The maximum Gasteiger partial charge on any atom is 0.308 e. The average Bonchev–Trinajstić information content (AvgIpc) is 3.14. The van der Waals surface area contributed by atoms with Crippen molar-refractivity contribution in [1.29, 1.82) is 5.26 Å². The number of para-hydroxylation sites is 1. The highest BCUT2D eigenvalue weighted by atomic mass is 35.5. The average molecular weight is 410 g/mol. The molecule has 7 heteroatoms. The number of rotatable bonds is 8. The number of hydrogen-bond donors (Lipinski definition) is 0. The van der Waals surface area contributed by atoms with Crippen LogP contribution < -0.4 is 4.90 Å². The van der Waals surface area contributed by atoms with E-state index in [0.29, 0.717) is 17.3 Å². The zero-order valence-corrected chi connectivity index (χ0v) is 16.5. The molecular weight excluding hydrogens is 390 g/mol. The van der Waals surface area contributed by atoms with E-state index in [1.165, 1.54) is 4.90 Å². The van der Waals surface area contributed by atoms with Crippen LogP contribution in [-0.2, 0) is 20.9 Å². The monoisotopic (exact) mass is 409 g/mol. The summed E-state index contributed by atoms with van der Waals surface area (Å²) < 4.78 is 7.14. The second-order valence-corrected chi connectivity index (χ2v) is 6.85. The van der Waals surface area contributed by atoms with Crippen molar-refractivity contribution < 1.29 is 14.3 Å². The maximum absolute atomic E-state index is 12.6. The second kappa shape index (κ2) is 9.76. The van der Waals surface area contributed by atoms with Crippen LogP contribution in [0.25, 0.3) is 10.9 Å². The van der Waals surface area contributed by atoms with Crippen molar-refractivity contribution in [2.24, 2.45) is 0 Å². The Morgan fingerprint density at radius 1 is 1.14 bits per heavy atom. The number of esters is 1. The number of ether oxygens (including phenoxy) is 1. The van der Waals surface area contributed by atoms with Crippen LogP contribution in [0.1, 0.15) is 12.8 Å². The molecule has 2 aromatic carbocycles. The van der Waals surface area contributed by atoms with E-state index >= 15 is 0 Å². The normalized spacial score (nSPS) is 10.5. The van der Waals surface area contributed by atoms with Gasteiger partial charge in [0.25, 0.3) is 5.91 Å². The number of hydrogen-bond acceptors (Lipinski definition) is 4. The van der Waals surface area contributed by atoms with Crippen LogP contribution in [0.2, 0.25) is 5.02 Å². The molecule has 0 spiro atoms. The van der Waals surface area contributed by atoms with Gasteiger partial charge in [0, 0.05) is 35.5 Å². The number of benzene rings is 2. The van der Waals surface area contributed by atoms with Gasteiger partial charge in [-0.25, -0.2) is 0 Å². The Kier molecular flexibility index (Phi) is 6.88. The number of nitrogens with zero attached hydrogens (tertiary/aromatic N) is 3. The molecule has 0 unspecified atom stereocenters. The Labute approximate surface area is 173 Å². The molecule has 3 aromatic rings. The number of fused-ring (bicyclic) bond motifs is 1. The molecular formula is C22H20ClN3O3. The number of carbonyl (C=O) groups excluding carboxylic acids is 2. The number of nitriles is 1. The second-order valence-electron chi connectivity index (χ2n) is 6.41. The summed E-state index contributed by atoms with van der Waals surface area (Å²) in [6.07, 6.45) is 2.24. The number of halogens is 1. The smallest absolute Gasteiger partial charge is 0.308 e. The maximum atomic E-state index is 12.6. The molecule has 0 radical (unpaired) electrons. The molecule has 29 heavy (non-hydrogen) atoms. The summed E-state index contributed by atoms with van der Waals surface area (Å²) in [7, 11) is 0.